The highest BCUT2D eigenvalue weighted by Crippen LogP contribution is 2.41. The van der Waals surface area contributed by atoms with Crippen LogP contribution >= 0.6 is 0 Å². The molecule has 2 amide bonds. The van der Waals surface area contributed by atoms with Crippen molar-refractivity contribution in [2.75, 3.05) is 10.6 Å². The molecule has 7 nitrogen and oxygen atoms in total. The first-order valence-corrected chi connectivity index (χ1v) is 5.71. The average Bonchev–Trinajstić information content (AvgIpc) is 3.09. The lowest BCUT2D eigenvalue weighted by Crippen LogP contribution is -2.20. The van der Waals surface area contributed by atoms with Gasteiger partial charge in [-0.15, -0.1) is 5.10 Å². The van der Waals surface area contributed by atoms with Gasteiger partial charge in [0.15, 0.2) is 5.82 Å². The number of carbonyl (C=O) groups excluding carboxylic acids is 1. The number of nitrogens with zero attached hydrogens (tertiary/aromatic N) is 3. The first-order chi connectivity index (χ1) is 8.83. The second kappa shape index (κ2) is 4.44. The maximum Gasteiger partial charge on any atom is 0.324 e. The van der Waals surface area contributed by atoms with Crippen LogP contribution in [0.25, 0.3) is 0 Å². The zero-order chi connectivity index (χ0) is 12.4. The molecule has 92 valence electrons. The Kier molecular flexibility index (Phi) is 2.64. The molecule has 1 aliphatic carbocycles. The predicted molar refractivity (Wildman–Crippen MR) is 65.2 cm³/mol. The average molecular weight is 244 g/mol. The minimum atomic E-state index is -0.348. The number of carbonyl (C=O) groups is 1. The summed E-state index contributed by atoms with van der Waals surface area (Å²) < 4.78 is 0. The molecular weight excluding hydrogens is 232 g/mol. The van der Waals surface area contributed by atoms with E-state index in [9.17, 15) is 4.79 Å². The molecule has 0 atom stereocenters. The van der Waals surface area contributed by atoms with Gasteiger partial charge in [-0.1, -0.05) is 0 Å². The summed E-state index contributed by atoms with van der Waals surface area (Å²) in [6.45, 7) is 0. The predicted octanol–water partition coefficient (Wildman–Crippen LogP) is 1.72. The number of hydrogen-bond donors (Lipinski definition) is 3. The SMILES string of the molecule is O=C(Nc1cn[nH]n1)Nc1cccnc1C1CC1. The number of H-pyrrole nitrogens is 1. The third kappa shape index (κ3) is 2.29. The van der Waals surface area contributed by atoms with E-state index in [2.05, 4.69) is 31.0 Å². The smallest absolute Gasteiger partial charge is 0.306 e. The topological polar surface area (TPSA) is 95.6 Å². The third-order valence-corrected chi connectivity index (χ3v) is 2.71. The molecule has 0 spiro atoms. The zero-order valence-electron chi connectivity index (χ0n) is 9.55. The fourth-order valence-corrected chi connectivity index (χ4v) is 1.74. The van der Waals surface area contributed by atoms with E-state index in [4.69, 9.17) is 0 Å². The lowest BCUT2D eigenvalue weighted by molar-refractivity contribution is 0.262. The monoisotopic (exact) mass is 244 g/mol. The molecule has 2 aromatic heterocycles. The summed E-state index contributed by atoms with van der Waals surface area (Å²) in [6, 6.07) is 3.31. The van der Waals surface area contributed by atoms with Crippen LogP contribution in [0.5, 0.6) is 0 Å². The molecule has 1 saturated carbocycles. The summed E-state index contributed by atoms with van der Waals surface area (Å²) in [5.74, 6) is 0.859. The summed E-state index contributed by atoms with van der Waals surface area (Å²) in [6.07, 6.45) is 5.45. The minimum Gasteiger partial charge on any atom is -0.306 e. The van der Waals surface area contributed by atoms with Gasteiger partial charge in [-0.25, -0.2) is 4.79 Å². The maximum atomic E-state index is 11.7. The second-order valence-corrected chi connectivity index (χ2v) is 4.14. The van der Waals surface area contributed by atoms with Gasteiger partial charge in [-0.3, -0.25) is 10.3 Å². The minimum absolute atomic E-state index is 0.348. The summed E-state index contributed by atoms with van der Waals surface area (Å²) in [4.78, 5) is 16.1. The Morgan fingerprint density at radius 3 is 3.00 bits per heavy atom. The van der Waals surface area contributed by atoms with Gasteiger partial charge in [0.05, 0.1) is 17.6 Å². The Balaban J connectivity index is 1.70. The molecule has 2 aromatic rings. The van der Waals surface area contributed by atoms with Crippen LogP contribution in [-0.2, 0) is 0 Å². The van der Waals surface area contributed by atoms with Gasteiger partial charge in [0.25, 0.3) is 0 Å². The van der Waals surface area contributed by atoms with E-state index in [0.29, 0.717) is 11.7 Å². The quantitative estimate of drug-likeness (QED) is 0.766. The van der Waals surface area contributed by atoms with Crippen LogP contribution in [0.15, 0.2) is 24.5 Å². The van der Waals surface area contributed by atoms with E-state index in [1.54, 1.807) is 12.3 Å². The molecule has 3 rings (SSSR count). The molecule has 7 heteroatoms. The molecule has 0 aliphatic heterocycles. The fraction of sp³-hybridized carbons (Fsp3) is 0.273. The highest BCUT2D eigenvalue weighted by atomic mass is 16.2. The molecule has 18 heavy (non-hydrogen) atoms. The number of pyridine rings is 1. The molecule has 1 aliphatic rings. The van der Waals surface area contributed by atoms with Crippen molar-refractivity contribution in [2.24, 2.45) is 0 Å². The van der Waals surface area contributed by atoms with Crippen LogP contribution in [-0.4, -0.2) is 26.4 Å². The van der Waals surface area contributed by atoms with Gasteiger partial charge in [0.2, 0.25) is 0 Å². The van der Waals surface area contributed by atoms with Gasteiger partial charge in [0.1, 0.15) is 0 Å². The van der Waals surface area contributed by atoms with Crippen LogP contribution < -0.4 is 10.6 Å². The van der Waals surface area contributed by atoms with Crippen LogP contribution in [0.3, 0.4) is 0 Å². The van der Waals surface area contributed by atoms with E-state index in [-0.39, 0.29) is 6.03 Å². The number of rotatable bonds is 3. The number of hydrogen-bond acceptors (Lipinski definition) is 4. The molecule has 3 N–H and O–H groups in total. The Hall–Kier alpha value is -2.44. The van der Waals surface area contributed by atoms with Crippen molar-refractivity contribution in [3.8, 4) is 0 Å². The van der Waals surface area contributed by atoms with Crippen molar-refractivity contribution in [2.45, 2.75) is 18.8 Å². The molecule has 0 unspecified atom stereocenters. The largest absolute Gasteiger partial charge is 0.324 e. The Bertz CT molecular complexity index is 548. The van der Waals surface area contributed by atoms with Gasteiger partial charge in [-0.05, 0) is 25.0 Å². The third-order valence-electron chi connectivity index (χ3n) is 2.71. The second-order valence-electron chi connectivity index (χ2n) is 4.14. The van der Waals surface area contributed by atoms with Crippen molar-refractivity contribution >= 4 is 17.5 Å². The Morgan fingerprint density at radius 2 is 2.28 bits per heavy atom. The first-order valence-electron chi connectivity index (χ1n) is 5.71. The number of amides is 2. The summed E-state index contributed by atoms with van der Waals surface area (Å²) in [5, 5.41) is 15.1. The van der Waals surface area contributed by atoms with E-state index in [0.717, 1.165) is 24.2 Å². The normalized spacial score (nSPS) is 14.2. The van der Waals surface area contributed by atoms with E-state index >= 15 is 0 Å². The maximum absolute atomic E-state index is 11.7. The van der Waals surface area contributed by atoms with Crippen LogP contribution in [0.1, 0.15) is 24.5 Å². The molecule has 0 aromatic carbocycles. The number of urea groups is 1. The molecular formula is C11H12N6O. The Morgan fingerprint density at radius 1 is 1.39 bits per heavy atom. The number of anilines is 2. The van der Waals surface area contributed by atoms with Crippen LogP contribution in [0, 0.1) is 0 Å². The Labute approximate surface area is 103 Å². The molecule has 1 fully saturated rings. The van der Waals surface area contributed by atoms with Crippen molar-refractivity contribution in [3.05, 3.63) is 30.2 Å². The molecule has 0 bridgehead atoms. The van der Waals surface area contributed by atoms with Crippen LogP contribution in [0.2, 0.25) is 0 Å². The van der Waals surface area contributed by atoms with Crippen LogP contribution in [0.4, 0.5) is 16.3 Å². The van der Waals surface area contributed by atoms with Crippen molar-refractivity contribution in [3.63, 3.8) is 0 Å². The number of nitrogens with one attached hydrogen (secondary N) is 3. The van der Waals surface area contributed by atoms with Crippen molar-refractivity contribution in [1.29, 1.82) is 0 Å². The first kappa shape index (κ1) is 10.7. The lowest BCUT2D eigenvalue weighted by Gasteiger charge is -2.09. The zero-order valence-corrected chi connectivity index (χ0v) is 9.55. The fourth-order valence-electron chi connectivity index (χ4n) is 1.74. The number of aromatic amines is 1. The molecule has 2 heterocycles. The van der Waals surface area contributed by atoms with Gasteiger partial charge in [0, 0.05) is 12.1 Å². The highest BCUT2D eigenvalue weighted by Gasteiger charge is 2.27. The van der Waals surface area contributed by atoms with E-state index < -0.39 is 0 Å². The standard InChI is InChI=1S/C11H12N6O/c18-11(15-9-6-13-17-16-9)14-8-2-1-5-12-10(8)7-3-4-7/h1-2,5-7H,3-4H2,(H3,13,14,15,16,17,18). The van der Waals surface area contributed by atoms with Crippen molar-refractivity contribution in [1.82, 2.24) is 20.4 Å². The van der Waals surface area contributed by atoms with Gasteiger partial charge < -0.3 is 5.32 Å². The van der Waals surface area contributed by atoms with E-state index in [1.807, 2.05) is 6.07 Å². The van der Waals surface area contributed by atoms with Gasteiger partial charge in [-0.2, -0.15) is 10.3 Å². The van der Waals surface area contributed by atoms with Crippen molar-refractivity contribution < 1.29 is 4.79 Å². The van der Waals surface area contributed by atoms with Gasteiger partial charge >= 0.3 is 6.03 Å². The summed E-state index contributed by atoms with van der Waals surface area (Å²) in [7, 11) is 0. The highest BCUT2D eigenvalue weighted by molar-refractivity contribution is 5.99. The molecule has 0 saturated heterocycles. The number of aromatic nitrogens is 4. The molecule has 0 radical (unpaired) electrons. The summed E-state index contributed by atoms with van der Waals surface area (Å²) in [5.41, 5.74) is 1.70. The van der Waals surface area contributed by atoms with E-state index in [1.165, 1.54) is 6.20 Å². The summed E-state index contributed by atoms with van der Waals surface area (Å²) >= 11 is 0. The lowest BCUT2D eigenvalue weighted by atomic mass is 10.2.